The van der Waals surface area contributed by atoms with Crippen LogP contribution >= 0.6 is 11.3 Å². The summed E-state index contributed by atoms with van der Waals surface area (Å²) in [5.41, 5.74) is 0. The molecule has 1 heterocycles. The van der Waals surface area contributed by atoms with Gasteiger partial charge in [-0.15, -0.1) is 11.3 Å². The Morgan fingerprint density at radius 2 is 2.16 bits per heavy atom. The van der Waals surface area contributed by atoms with E-state index < -0.39 is 18.0 Å². The minimum Gasteiger partial charge on any atom is -0.480 e. The molecule has 3 N–H and O–H groups in total. The average molecular weight is 285 g/mol. The van der Waals surface area contributed by atoms with Gasteiger partial charge >= 0.3 is 12.0 Å². The van der Waals surface area contributed by atoms with Crippen molar-refractivity contribution in [3.8, 4) is 0 Å². The number of carboxylic acid groups (broad SMARTS) is 1. The highest BCUT2D eigenvalue weighted by molar-refractivity contribution is 7.11. The molecule has 0 spiro atoms. The van der Waals surface area contributed by atoms with Gasteiger partial charge in [0.2, 0.25) is 0 Å². The summed E-state index contributed by atoms with van der Waals surface area (Å²) in [5, 5.41) is 14.9. The summed E-state index contributed by atoms with van der Waals surface area (Å²) in [5.74, 6) is -1.02. The molecule has 106 valence electrons. The molecule has 0 aliphatic carbocycles. The van der Waals surface area contributed by atoms with Crippen LogP contribution in [0.25, 0.3) is 0 Å². The summed E-state index contributed by atoms with van der Waals surface area (Å²) in [6.07, 6.45) is 2.85. The molecule has 1 rings (SSSR count). The Bertz CT molecular complexity index is 447. The molecule has 0 aromatic carbocycles. The van der Waals surface area contributed by atoms with Crippen molar-refractivity contribution in [1.82, 2.24) is 15.6 Å². The molecule has 0 saturated carbocycles. The molecular formula is C12H19N3O3S. The third-order valence-electron chi connectivity index (χ3n) is 2.54. The van der Waals surface area contributed by atoms with E-state index in [1.807, 2.05) is 20.8 Å². The minimum atomic E-state index is -1.02. The highest BCUT2D eigenvalue weighted by atomic mass is 32.1. The van der Waals surface area contributed by atoms with E-state index in [2.05, 4.69) is 15.6 Å². The van der Waals surface area contributed by atoms with Gasteiger partial charge in [-0.25, -0.2) is 14.6 Å². The zero-order chi connectivity index (χ0) is 14.4. The number of hydrogen-bond donors (Lipinski definition) is 3. The molecule has 0 radical (unpaired) electrons. The Balaban J connectivity index is 2.52. The lowest BCUT2D eigenvalue weighted by Gasteiger charge is -2.16. The summed E-state index contributed by atoms with van der Waals surface area (Å²) in [4.78, 5) is 27.9. The van der Waals surface area contributed by atoms with Gasteiger partial charge in [-0.05, 0) is 20.3 Å². The third-order valence-corrected chi connectivity index (χ3v) is 3.63. The van der Waals surface area contributed by atoms with Crippen molar-refractivity contribution in [2.75, 3.05) is 0 Å². The highest BCUT2D eigenvalue weighted by Gasteiger charge is 2.20. The SMILES string of the molecule is CCC[C@H](NC(=O)NC(C)c1ncc(C)s1)C(=O)O. The summed E-state index contributed by atoms with van der Waals surface area (Å²) in [6.45, 7) is 5.62. The summed E-state index contributed by atoms with van der Waals surface area (Å²) < 4.78 is 0. The Hall–Kier alpha value is -1.63. The van der Waals surface area contributed by atoms with Crippen LogP contribution in [0.5, 0.6) is 0 Å². The van der Waals surface area contributed by atoms with Crippen LogP contribution in [0.2, 0.25) is 0 Å². The number of urea groups is 1. The first kappa shape index (κ1) is 15.4. The van der Waals surface area contributed by atoms with Gasteiger partial charge in [0.05, 0.1) is 6.04 Å². The van der Waals surface area contributed by atoms with Crippen molar-refractivity contribution >= 4 is 23.3 Å². The van der Waals surface area contributed by atoms with Gasteiger partial charge in [-0.3, -0.25) is 0 Å². The summed E-state index contributed by atoms with van der Waals surface area (Å²) in [7, 11) is 0. The van der Waals surface area contributed by atoms with Gasteiger partial charge in [-0.1, -0.05) is 13.3 Å². The Morgan fingerprint density at radius 3 is 2.63 bits per heavy atom. The second kappa shape index (κ2) is 7.08. The minimum absolute atomic E-state index is 0.241. The van der Waals surface area contributed by atoms with Crippen molar-refractivity contribution in [3.63, 3.8) is 0 Å². The van der Waals surface area contributed by atoms with Crippen molar-refractivity contribution < 1.29 is 14.7 Å². The molecule has 0 fully saturated rings. The predicted octanol–water partition coefficient (Wildman–Crippen LogP) is 2.07. The third kappa shape index (κ3) is 4.86. The maximum Gasteiger partial charge on any atom is 0.326 e. The van der Waals surface area contributed by atoms with Crippen LogP contribution < -0.4 is 10.6 Å². The lowest BCUT2D eigenvalue weighted by molar-refractivity contribution is -0.139. The summed E-state index contributed by atoms with van der Waals surface area (Å²) >= 11 is 1.50. The Labute approximate surface area is 116 Å². The monoisotopic (exact) mass is 285 g/mol. The van der Waals surface area contributed by atoms with E-state index in [9.17, 15) is 9.59 Å². The van der Waals surface area contributed by atoms with E-state index in [0.717, 1.165) is 9.88 Å². The topological polar surface area (TPSA) is 91.3 Å². The molecule has 2 atom stereocenters. The zero-order valence-electron chi connectivity index (χ0n) is 11.3. The number of nitrogens with one attached hydrogen (secondary N) is 2. The van der Waals surface area contributed by atoms with Gasteiger partial charge in [0.15, 0.2) is 0 Å². The van der Waals surface area contributed by atoms with Crippen LogP contribution in [-0.4, -0.2) is 28.1 Å². The Kier molecular flexibility index (Phi) is 5.75. The molecular weight excluding hydrogens is 266 g/mol. The van der Waals surface area contributed by atoms with Gasteiger partial charge in [0.25, 0.3) is 0 Å². The number of rotatable bonds is 6. The average Bonchev–Trinajstić information content (AvgIpc) is 2.75. The van der Waals surface area contributed by atoms with E-state index in [4.69, 9.17) is 5.11 Å². The molecule has 0 aliphatic heterocycles. The Morgan fingerprint density at radius 1 is 1.47 bits per heavy atom. The largest absolute Gasteiger partial charge is 0.480 e. The molecule has 6 nitrogen and oxygen atoms in total. The van der Waals surface area contributed by atoms with E-state index in [-0.39, 0.29) is 6.04 Å². The second-order valence-electron chi connectivity index (χ2n) is 4.33. The molecule has 7 heteroatoms. The van der Waals surface area contributed by atoms with Crippen LogP contribution in [0, 0.1) is 6.92 Å². The smallest absolute Gasteiger partial charge is 0.326 e. The second-order valence-corrected chi connectivity index (χ2v) is 5.59. The number of carbonyl (C=O) groups excluding carboxylic acids is 1. The van der Waals surface area contributed by atoms with Crippen LogP contribution in [0.1, 0.15) is 42.6 Å². The fourth-order valence-electron chi connectivity index (χ4n) is 1.58. The standard InChI is InChI=1S/C12H19N3O3S/c1-4-5-9(11(16)17)15-12(18)14-8(3)10-13-6-7(2)19-10/h6,8-9H,4-5H2,1-3H3,(H,16,17)(H2,14,15,18)/t8?,9-/m0/s1. The lowest BCUT2D eigenvalue weighted by Crippen LogP contribution is -2.46. The molecule has 19 heavy (non-hydrogen) atoms. The van der Waals surface area contributed by atoms with Gasteiger partial charge in [-0.2, -0.15) is 0 Å². The van der Waals surface area contributed by atoms with Crippen molar-refractivity contribution in [2.24, 2.45) is 0 Å². The molecule has 1 aromatic rings. The fourth-order valence-corrected chi connectivity index (χ4v) is 2.35. The van der Waals surface area contributed by atoms with Crippen LogP contribution in [0.15, 0.2) is 6.20 Å². The van der Waals surface area contributed by atoms with E-state index in [0.29, 0.717) is 12.8 Å². The number of aromatic nitrogens is 1. The number of hydrogen-bond acceptors (Lipinski definition) is 4. The first-order valence-electron chi connectivity index (χ1n) is 6.16. The molecule has 0 bridgehead atoms. The van der Waals surface area contributed by atoms with Gasteiger partial charge in [0, 0.05) is 11.1 Å². The van der Waals surface area contributed by atoms with Crippen LogP contribution in [-0.2, 0) is 4.79 Å². The van der Waals surface area contributed by atoms with Gasteiger partial charge in [0.1, 0.15) is 11.0 Å². The maximum absolute atomic E-state index is 11.7. The van der Waals surface area contributed by atoms with Crippen LogP contribution in [0.3, 0.4) is 0 Å². The number of carbonyl (C=O) groups is 2. The number of aryl methyl sites for hydroxylation is 1. The van der Waals surface area contributed by atoms with E-state index >= 15 is 0 Å². The molecule has 1 aromatic heterocycles. The normalized spacial score (nSPS) is 13.6. The van der Waals surface area contributed by atoms with Gasteiger partial charge < -0.3 is 15.7 Å². The fraction of sp³-hybridized carbons (Fsp3) is 0.583. The van der Waals surface area contributed by atoms with Crippen molar-refractivity contribution in [1.29, 1.82) is 0 Å². The summed E-state index contributed by atoms with van der Waals surface area (Å²) in [6, 6.07) is -1.58. The quantitative estimate of drug-likeness (QED) is 0.746. The van der Waals surface area contributed by atoms with E-state index in [1.165, 1.54) is 11.3 Å². The van der Waals surface area contributed by atoms with Crippen molar-refractivity contribution in [3.05, 3.63) is 16.1 Å². The molecule has 2 amide bonds. The first-order chi connectivity index (χ1) is 8.93. The van der Waals surface area contributed by atoms with E-state index in [1.54, 1.807) is 6.20 Å². The van der Waals surface area contributed by atoms with Crippen LogP contribution in [0.4, 0.5) is 4.79 Å². The number of nitrogens with zero attached hydrogens (tertiary/aromatic N) is 1. The van der Waals surface area contributed by atoms with Crippen molar-refractivity contribution in [2.45, 2.75) is 45.7 Å². The number of carboxylic acids is 1. The zero-order valence-corrected chi connectivity index (χ0v) is 12.1. The molecule has 0 aliphatic rings. The maximum atomic E-state index is 11.7. The predicted molar refractivity (Wildman–Crippen MR) is 73.3 cm³/mol. The number of aliphatic carboxylic acids is 1. The lowest BCUT2D eigenvalue weighted by atomic mass is 10.2. The molecule has 0 saturated heterocycles. The highest BCUT2D eigenvalue weighted by Crippen LogP contribution is 2.18. The molecule has 1 unspecified atom stereocenters. The number of amides is 2. The number of thiazole rings is 1. The first-order valence-corrected chi connectivity index (χ1v) is 6.97.